The Balaban J connectivity index is 1.44. The molecule has 0 spiro atoms. The molecule has 2 atom stereocenters. The van der Waals surface area contributed by atoms with Crippen molar-refractivity contribution >= 4 is 28.8 Å². The van der Waals surface area contributed by atoms with E-state index < -0.39 is 0 Å². The molecule has 3 rings (SSSR count). The Bertz CT molecular complexity index is 450. The van der Waals surface area contributed by atoms with E-state index >= 15 is 0 Å². The minimum atomic E-state index is 0.177. The van der Waals surface area contributed by atoms with Crippen LogP contribution in [-0.2, 0) is 11.2 Å². The van der Waals surface area contributed by atoms with E-state index in [9.17, 15) is 4.79 Å². The number of carbonyl (C=O) groups is 1. The molecule has 2 aliphatic rings. The van der Waals surface area contributed by atoms with Gasteiger partial charge < -0.3 is 10.6 Å². The average Bonchev–Trinajstić information content (AvgIpc) is 2.93. The molecule has 1 amide bonds. The number of nitrogens with one attached hydrogen (secondary N) is 2. The van der Waals surface area contributed by atoms with Crippen LogP contribution in [0.2, 0.25) is 5.02 Å². The van der Waals surface area contributed by atoms with Crippen LogP contribution in [0.25, 0.3) is 0 Å². The Morgan fingerprint density at radius 3 is 2.79 bits per heavy atom. The molecule has 2 fully saturated rings. The Labute approximate surface area is 122 Å². The molecule has 2 N–H and O–H groups in total. The quantitative estimate of drug-likeness (QED) is 0.897. The largest absolute Gasteiger partial charge is 0.353 e. The zero-order valence-electron chi connectivity index (χ0n) is 10.8. The maximum atomic E-state index is 12.0. The number of hydrogen-bond acceptors (Lipinski definition) is 3. The van der Waals surface area contributed by atoms with E-state index in [0.717, 1.165) is 24.3 Å². The highest BCUT2D eigenvalue weighted by atomic mass is 35.5. The number of amides is 1. The molecule has 1 aromatic rings. The first-order chi connectivity index (χ1) is 9.19. The molecule has 0 aliphatic carbocycles. The van der Waals surface area contributed by atoms with Gasteiger partial charge in [0.25, 0.3) is 0 Å². The fourth-order valence-corrected chi connectivity index (χ4v) is 4.27. The topological polar surface area (TPSA) is 41.1 Å². The van der Waals surface area contributed by atoms with Crippen LogP contribution >= 0.6 is 22.9 Å². The molecule has 2 unspecified atom stereocenters. The predicted octanol–water partition coefficient (Wildman–Crippen LogP) is 2.73. The summed E-state index contributed by atoms with van der Waals surface area (Å²) >= 11 is 7.50. The fourth-order valence-electron chi connectivity index (χ4n) is 3.20. The van der Waals surface area contributed by atoms with Crippen molar-refractivity contribution in [2.45, 2.75) is 56.7 Å². The summed E-state index contributed by atoms with van der Waals surface area (Å²) in [5.41, 5.74) is 0. The molecule has 0 saturated carbocycles. The van der Waals surface area contributed by atoms with Gasteiger partial charge in [0, 0.05) is 34.8 Å². The molecule has 3 nitrogen and oxygen atoms in total. The molecular weight excluding hydrogens is 280 g/mol. The number of thiophene rings is 1. The van der Waals surface area contributed by atoms with E-state index in [2.05, 4.69) is 10.6 Å². The molecule has 3 heterocycles. The third kappa shape index (κ3) is 3.50. The second kappa shape index (κ2) is 5.81. The number of piperidine rings is 1. The van der Waals surface area contributed by atoms with Gasteiger partial charge in [0.1, 0.15) is 0 Å². The van der Waals surface area contributed by atoms with E-state index in [1.54, 1.807) is 11.3 Å². The Kier molecular flexibility index (Phi) is 4.10. The van der Waals surface area contributed by atoms with Gasteiger partial charge >= 0.3 is 0 Å². The summed E-state index contributed by atoms with van der Waals surface area (Å²) in [6, 6.07) is 3.57. The number of rotatable bonds is 4. The Morgan fingerprint density at radius 1 is 1.42 bits per heavy atom. The van der Waals surface area contributed by atoms with Crippen molar-refractivity contribution in [3.63, 3.8) is 0 Å². The molecule has 2 bridgehead atoms. The molecular formula is C14H19ClN2OS. The van der Waals surface area contributed by atoms with Crippen molar-refractivity contribution in [2.24, 2.45) is 0 Å². The van der Waals surface area contributed by atoms with Crippen LogP contribution in [0.15, 0.2) is 11.4 Å². The molecule has 2 saturated heterocycles. The second-order valence-corrected chi connectivity index (χ2v) is 7.04. The first-order valence-corrected chi connectivity index (χ1v) is 8.23. The summed E-state index contributed by atoms with van der Waals surface area (Å²) < 4.78 is 0. The minimum absolute atomic E-state index is 0.177. The standard InChI is InChI=1S/C14H19ClN2OS/c15-9-5-13(19-8-9)3-4-14(18)17-12-6-10-1-2-11(7-12)16-10/h5,8,10-12,16H,1-4,6-7H2,(H,17,18). The maximum absolute atomic E-state index is 12.0. The highest BCUT2D eigenvalue weighted by Crippen LogP contribution is 2.27. The number of hydrogen-bond donors (Lipinski definition) is 2. The van der Waals surface area contributed by atoms with Crippen LogP contribution in [0.3, 0.4) is 0 Å². The van der Waals surface area contributed by atoms with Gasteiger partial charge in [-0.25, -0.2) is 0 Å². The van der Waals surface area contributed by atoms with Crippen molar-refractivity contribution in [3.05, 3.63) is 21.3 Å². The first kappa shape index (κ1) is 13.4. The molecule has 19 heavy (non-hydrogen) atoms. The third-order valence-electron chi connectivity index (χ3n) is 4.06. The van der Waals surface area contributed by atoms with Gasteiger partial charge in [-0.1, -0.05) is 11.6 Å². The number of carbonyl (C=O) groups excluding carboxylic acids is 1. The van der Waals surface area contributed by atoms with Crippen LogP contribution in [0, 0.1) is 0 Å². The van der Waals surface area contributed by atoms with Crippen molar-refractivity contribution in [1.29, 1.82) is 0 Å². The molecule has 1 aromatic heterocycles. The Hall–Kier alpha value is -0.580. The lowest BCUT2D eigenvalue weighted by Gasteiger charge is -2.29. The monoisotopic (exact) mass is 298 g/mol. The first-order valence-electron chi connectivity index (χ1n) is 6.97. The number of fused-ring (bicyclic) bond motifs is 2. The van der Waals surface area contributed by atoms with E-state index in [1.165, 1.54) is 17.7 Å². The summed E-state index contributed by atoms with van der Waals surface area (Å²) in [4.78, 5) is 13.2. The Morgan fingerprint density at radius 2 is 2.16 bits per heavy atom. The molecule has 0 aromatic carbocycles. The van der Waals surface area contributed by atoms with Crippen LogP contribution < -0.4 is 10.6 Å². The smallest absolute Gasteiger partial charge is 0.220 e. The zero-order valence-corrected chi connectivity index (χ0v) is 12.4. The van der Waals surface area contributed by atoms with Crippen molar-refractivity contribution < 1.29 is 4.79 Å². The number of aryl methyl sites for hydroxylation is 1. The van der Waals surface area contributed by atoms with Crippen LogP contribution in [0.4, 0.5) is 0 Å². The van der Waals surface area contributed by atoms with Crippen molar-refractivity contribution in [3.8, 4) is 0 Å². The summed E-state index contributed by atoms with van der Waals surface area (Å²) in [5.74, 6) is 0.177. The van der Waals surface area contributed by atoms with Gasteiger partial charge in [0.2, 0.25) is 5.91 Å². The number of halogens is 1. The molecule has 0 radical (unpaired) electrons. The van der Waals surface area contributed by atoms with E-state index in [4.69, 9.17) is 11.6 Å². The summed E-state index contributed by atoms with van der Waals surface area (Å²) in [5, 5.41) is 9.47. The van der Waals surface area contributed by atoms with Crippen LogP contribution in [0.5, 0.6) is 0 Å². The normalized spacial score (nSPS) is 29.4. The van der Waals surface area contributed by atoms with E-state index in [1.807, 2.05) is 11.4 Å². The lowest BCUT2D eigenvalue weighted by Crippen LogP contribution is -2.48. The van der Waals surface area contributed by atoms with Gasteiger partial charge in [-0.2, -0.15) is 0 Å². The van der Waals surface area contributed by atoms with Gasteiger partial charge in [0.15, 0.2) is 0 Å². The van der Waals surface area contributed by atoms with Crippen LogP contribution in [0.1, 0.15) is 37.0 Å². The van der Waals surface area contributed by atoms with Gasteiger partial charge in [-0.3, -0.25) is 4.79 Å². The summed E-state index contributed by atoms with van der Waals surface area (Å²) in [6.45, 7) is 0. The van der Waals surface area contributed by atoms with Gasteiger partial charge in [-0.15, -0.1) is 11.3 Å². The lowest BCUT2D eigenvalue weighted by molar-refractivity contribution is -0.122. The van der Waals surface area contributed by atoms with E-state index in [-0.39, 0.29) is 5.91 Å². The van der Waals surface area contributed by atoms with Gasteiger partial charge in [0.05, 0.1) is 5.02 Å². The maximum Gasteiger partial charge on any atom is 0.220 e. The lowest BCUT2D eigenvalue weighted by atomic mass is 9.99. The average molecular weight is 299 g/mol. The highest BCUT2D eigenvalue weighted by Gasteiger charge is 2.33. The van der Waals surface area contributed by atoms with Crippen LogP contribution in [-0.4, -0.2) is 24.0 Å². The second-order valence-electron chi connectivity index (χ2n) is 5.60. The fraction of sp³-hybridized carbons (Fsp3) is 0.643. The minimum Gasteiger partial charge on any atom is -0.353 e. The highest BCUT2D eigenvalue weighted by molar-refractivity contribution is 7.10. The van der Waals surface area contributed by atoms with Crippen molar-refractivity contribution in [2.75, 3.05) is 0 Å². The third-order valence-corrected chi connectivity index (χ3v) is 5.40. The summed E-state index contributed by atoms with van der Waals surface area (Å²) in [6.07, 6.45) is 6.08. The molecule has 5 heteroatoms. The van der Waals surface area contributed by atoms with Crippen molar-refractivity contribution in [1.82, 2.24) is 10.6 Å². The zero-order chi connectivity index (χ0) is 13.2. The predicted molar refractivity (Wildman–Crippen MR) is 78.8 cm³/mol. The summed E-state index contributed by atoms with van der Waals surface area (Å²) in [7, 11) is 0. The SMILES string of the molecule is O=C(CCc1cc(Cl)cs1)NC1CC2CCC(C1)N2. The van der Waals surface area contributed by atoms with Gasteiger partial charge in [-0.05, 0) is 38.2 Å². The molecule has 104 valence electrons. The molecule has 2 aliphatic heterocycles. The van der Waals surface area contributed by atoms with E-state index in [0.29, 0.717) is 24.5 Å².